The summed E-state index contributed by atoms with van der Waals surface area (Å²) in [6.45, 7) is 4.16. The molecule has 0 bridgehead atoms. The van der Waals surface area contributed by atoms with Crippen molar-refractivity contribution >= 4 is 12.0 Å². The fourth-order valence-electron chi connectivity index (χ4n) is 6.04. The van der Waals surface area contributed by atoms with Crippen molar-refractivity contribution in [3.63, 3.8) is 0 Å². The van der Waals surface area contributed by atoms with Crippen LogP contribution in [0.5, 0.6) is 0 Å². The van der Waals surface area contributed by atoms with Crippen molar-refractivity contribution in [1.29, 1.82) is 0 Å². The molecule has 1 saturated heterocycles. The third-order valence-corrected chi connectivity index (χ3v) is 8.93. The first-order valence-electron chi connectivity index (χ1n) is 18.5. The van der Waals surface area contributed by atoms with Gasteiger partial charge in [0.1, 0.15) is 24.4 Å². The maximum absolute atomic E-state index is 13.4. The lowest BCUT2D eigenvalue weighted by atomic mass is 9.95. The minimum atomic E-state index is -1.46. The summed E-state index contributed by atoms with van der Waals surface area (Å²) in [7, 11) is 0. The van der Waals surface area contributed by atoms with Gasteiger partial charge in [-0.3, -0.25) is 9.69 Å². The molecule has 0 unspecified atom stereocenters. The number of unbranched alkanes of at least 4 members (excludes halogenated alkanes) is 20. The molecule has 0 spiro atoms. The Kier molecular flexibility index (Phi) is 25.5. The Balaban J connectivity index is 2.64. The molecule has 2 amide bonds. The Bertz CT molecular complexity index is 729. The molecule has 266 valence electrons. The minimum Gasteiger partial charge on any atom is -0.449 e. The number of nitrogens with zero attached hydrogens (tertiary/aromatic N) is 1. The maximum atomic E-state index is 13.4. The summed E-state index contributed by atoms with van der Waals surface area (Å²) in [4.78, 5) is 27.0. The summed E-state index contributed by atoms with van der Waals surface area (Å²) in [5, 5.41) is 33.7. The van der Waals surface area contributed by atoms with E-state index >= 15 is 0 Å². The summed E-state index contributed by atoms with van der Waals surface area (Å²) in [5.74, 6) is -0.550. The Morgan fingerprint density at radius 1 is 0.711 bits per heavy atom. The van der Waals surface area contributed by atoms with Crippen molar-refractivity contribution in [3.05, 3.63) is 0 Å². The molecule has 0 radical (unpaired) electrons. The number of nitrogens with one attached hydrogen (secondary N) is 1. The van der Waals surface area contributed by atoms with Gasteiger partial charge in [-0.05, 0) is 12.8 Å². The lowest BCUT2D eigenvalue weighted by molar-refractivity contribution is -0.226. The largest absolute Gasteiger partial charge is 0.449 e. The molecule has 0 aromatic heterocycles. The van der Waals surface area contributed by atoms with Crippen LogP contribution in [0, 0.1) is 0 Å². The molecular formula is C35H69N3O7. The van der Waals surface area contributed by atoms with E-state index in [0.29, 0.717) is 13.0 Å². The lowest BCUT2D eigenvalue weighted by Gasteiger charge is -2.46. The molecule has 0 aliphatic carbocycles. The van der Waals surface area contributed by atoms with Crippen LogP contribution in [0.1, 0.15) is 155 Å². The first-order valence-corrected chi connectivity index (χ1v) is 18.5. The number of aliphatic hydroxyl groups excluding tert-OH is 3. The van der Waals surface area contributed by atoms with Crippen LogP contribution in [0.2, 0.25) is 0 Å². The monoisotopic (exact) mass is 644 g/mol. The molecule has 10 heteroatoms. The normalized spacial score (nSPS) is 21.5. The SMILES string of the molecule is CCCCCCCCCCCCCCN(C(=O)OCCCCCCCCCCCC)[C@@H]1O[C@H](CO)[C@@H](O)[C@H](O)[C@H]1NC(=O)CN. The number of carbonyl (C=O) groups excluding carboxylic acids is 2. The quantitative estimate of drug-likeness (QED) is 0.0658. The molecule has 1 aliphatic rings. The maximum Gasteiger partial charge on any atom is 0.411 e. The third-order valence-electron chi connectivity index (χ3n) is 8.93. The Labute approximate surface area is 274 Å². The highest BCUT2D eigenvalue weighted by Gasteiger charge is 2.48. The van der Waals surface area contributed by atoms with Crippen molar-refractivity contribution in [3.8, 4) is 0 Å². The highest BCUT2D eigenvalue weighted by Crippen LogP contribution is 2.25. The topological polar surface area (TPSA) is 155 Å². The predicted octanol–water partition coefficient (Wildman–Crippen LogP) is 5.93. The van der Waals surface area contributed by atoms with Crippen molar-refractivity contribution < 1.29 is 34.4 Å². The number of carbonyl (C=O) groups is 2. The molecule has 10 nitrogen and oxygen atoms in total. The number of amides is 2. The van der Waals surface area contributed by atoms with Gasteiger partial charge >= 0.3 is 6.09 Å². The van der Waals surface area contributed by atoms with Crippen LogP contribution in [0.15, 0.2) is 0 Å². The van der Waals surface area contributed by atoms with Crippen LogP contribution in [0.25, 0.3) is 0 Å². The second-order valence-electron chi connectivity index (χ2n) is 12.9. The summed E-state index contributed by atoms with van der Waals surface area (Å²) >= 11 is 0. The Morgan fingerprint density at radius 3 is 1.60 bits per heavy atom. The fourth-order valence-corrected chi connectivity index (χ4v) is 6.04. The zero-order valence-corrected chi connectivity index (χ0v) is 28.8. The van der Waals surface area contributed by atoms with Gasteiger partial charge in [0.05, 0.1) is 19.8 Å². The average Bonchev–Trinajstić information content (AvgIpc) is 3.04. The van der Waals surface area contributed by atoms with E-state index in [9.17, 15) is 24.9 Å². The molecule has 1 rings (SSSR count). The molecular weight excluding hydrogens is 574 g/mol. The van der Waals surface area contributed by atoms with Gasteiger partial charge in [0.2, 0.25) is 5.91 Å². The van der Waals surface area contributed by atoms with Crippen molar-refractivity contribution in [2.24, 2.45) is 5.73 Å². The summed E-state index contributed by atoms with van der Waals surface area (Å²) in [5.41, 5.74) is 5.50. The molecule has 1 aliphatic heterocycles. The molecule has 0 aromatic rings. The molecule has 0 saturated carbocycles. The van der Waals surface area contributed by atoms with Crippen LogP contribution in [0.4, 0.5) is 4.79 Å². The number of hydrogen-bond acceptors (Lipinski definition) is 8. The predicted molar refractivity (Wildman–Crippen MR) is 180 cm³/mol. The van der Waals surface area contributed by atoms with Gasteiger partial charge in [-0.2, -0.15) is 0 Å². The van der Waals surface area contributed by atoms with E-state index < -0.39 is 49.2 Å². The highest BCUT2D eigenvalue weighted by atomic mass is 16.6. The van der Waals surface area contributed by atoms with E-state index in [0.717, 1.165) is 38.5 Å². The summed E-state index contributed by atoms with van der Waals surface area (Å²) in [6.07, 6.45) is 20.2. The third kappa shape index (κ3) is 18.5. The molecule has 6 N–H and O–H groups in total. The van der Waals surface area contributed by atoms with E-state index in [1.54, 1.807) is 0 Å². The fraction of sp³-hybridized carbons (Fsp3) is 0.943. The highest BCUT2D eigenvalue weighted by molar-refractivity contribution is 5.78. The van der Waals surface area contributed by atoms with Crippen molar-refractivity contribution in [2.45, 2.75) is 186 Å². The van der Waals surface area contributed by atoms with Crippen LogP contribution < -0.4 is 11.1 Å². The number of nitrogens with two attached hydrogens (primary N) is 1. The lowest BCUT2D eigenvalue weighted by Crippen LogP contribution is -2.69. The van der Waals surface area contributed by atoms with Gasteiger partial charge < -0.3 is 35.8 Å². The number of rotatable bonds is 28. The zero-order chi connectivity index (χ0) is 33.1. The van der Waals surface area contributed by atoms with Gasteiger partial charge in [0.15, 0.2) is 6.23 Å². The van der Waals surface area contributed by atoms with E-state index in [1.807, 2.05) is 0 Å². The number of aliphatic hydroxyl groups is 3. The van der Waals surface area contributed by atoms with E-state index in [-0.39, 0.29) is 13.2 Å². The minimum absolute atomic E-state index is 0.269. The van der Waals surface area contributed by atoms with Crippen LogP contribution in [0.3, 0.4) is 0 Å². The van der Waals surface area contributed by atoms with Crippen molar-refractivity contribution in [1.82, 2.24) is 10.2 Å². The zero-order valence-electron chi connectivity index (χ0n) is 28.8. The second-order valence-corrected chi connectivity index (χ2v) is 12.9. The summed E-state index contributed by atoms with van der Waals surface area (Å²) < 4.78 is 11.6. The first-order chi connectivity index (χ1) is 21.9. The van der Waals surface area contributed by atoms with Crippen molar-refractivity contribution in [2.75, 3.05) is 26.3 Å². The van der Waals surface area contributed by atoms with E-state index in [1.165, 1.54) is 101 Å². The molecule has 0 aromatic carbocycles. The van der Waals surface area contributed by atoms with Gasteiger partial charge in [0.25, 0.3) is 0 Å². The standard InChI is InChI=1S/C35H69N3O7/c1-3-5-7-9-11-13-15-16-17-19-21-23-25-38(35(43)44-26-24-22-20-18-14-12-10-8-6-4-2)34-31(37-30(40)27-36)33(42)32(41)29(28-39)45-34/h29,31-34,39,41-42H,3-28,36H2,1-2H3,(H,37,40)/t29-,31-,32-,33-,34-/m1/s1. The van der Waals surface area contributed by atoms with Crippen LogP contribution >= 0.6 is 0 Å². The number of ether oxygens (including phenoxy) is 2. The first kappa shape index (κ1) is 41.6. The van der Waals surface area contributed by atoms with E-state index in [2.05, 4.69) is 19.2 Å². The Morgan fingerprint density at radius 2 is 1.16 bits per heavy atom. The average molecular weight is 644 g/mol. The van der Waals surface area contributed by atoms with Gasteiger partial charge in [-0.15, -0.1) is 0 Å². The second kappa shape index (κ2) is 27.6. The summed E-state index contributed by atoms with van der Waals surface area (Å²) in [6, 6.07) is -1.12. The van der Waals surface area contributed by atoms with Crippen LogP contribution in [-0.4, -0.2) is 89.1 Å². The molecule has 5 atom stereocenters. The van der Waals surface area contributed by atoms with Gasteiger partial charge in [0, 0.05) is 6.54 Å². The molecule has 45 heavy (non-hydrogen) atoms. The Hall–Kier alpha value is -1.46. The van der Waals surface area contributed by atoms with Crippen LogP contribution in [-0.2, 0) is 14.3 Å². The smallest absolute Gasteiger partial charge is 0.411 e. The molecule has 1 heterocycles. The van der Waals surface area contributed by atoms with E-state index in [4.69, 9.17) is 15.2 Å². The molecule has 1 fully saturated rings. The van der Waals surface area contributed by atoms with Gasteiger partial charge in [-0.1, -0.05) is 142 Å². The number of hydrogen-bond donors (Lipinski definition) is 5. The van der Waals surface area contributed by atoms with Gasteiger partial charge in [-0.25, -0.2) is 4.79 Å².